The van der Waals surface area contributed by atoms with Gasteiger partial charge in [-0.25, -0.2) is 8.42 Å². The largest absolute Gasteiger partial charge is 0.497 e. The summed E-state index contributed by atoms with van der Waals surface area (Å²) in [4.78, 5) is 12.3. The number of halogens is 1. The van der Waals surface area contributed by atoms with E-state index >= 15 is 0 Å². The van der Waals surface area contributed by atoms with Crippen molar-refractivity contribution < 1.29 is 27.1 Å². The molecule has 1 heterocycles. The van der Waals surface area contributed by atoms with Crippen LogP contribution in [-0.2, 0) is 14.6 Å². The van der Waals surface area contributed by atoms with Gasteiger partial charge in [-0.2, -0.15) is 0 Å². The first kappa shape index (κ1) is 22.6. The van der Waals surface area contributed by atoms with E-state index in [9.17, 15) is 13.2 Å². The van der Waals surface area contributed by atoms with Crippen molar-refractivity contribution in [2.75, 3.05) is 25.3 Å². The minimum absolute atomic E-state index is 0.0347. The number of carbonyl (C=O) groups excluding carboxylic acids is 1. The quantitative estimate of drug-likeness (QED) is 0.508. The zero-order chi connectivity index (χ0) is 22.4. The van der Waals surface area contributed by atoms with E-state index in [1.165, 1.54) is 38.5 Å². The van der Waals surface area contributed by atoms with Gasteiger partial charge in [0.1, 0.15) is 11.5 Å². The summed E-state index contributed by atoms with van der Waals surface area (Å²) in [6, 6.07) is 10.9. The predicted molar refractivity (Wildman–Crippen MR) is 114 cm³/mol. The van der Waals surface area contributed by atoms with Crippen LogP contribution < -0.4 is 14.8 Å². The van der Waals surface area contributed by atoms with Gasteiger partial charge in [0.2, 0.25) is 5.91 Å². The molecule has 0 spiro atoms. The molecule has 0 atom stereocenters. The highest BCUT2D eigenvalue weighted by atomic mass is 35.5. The molecular formula is C20H20ClN3O6S. The van der Waals surface area contributed by atoms with Crippen molar-refractivity contribution in [3.63, 3.8) is 0 Å². The Bertz CT molecular complexity index is 1160. The lowest BCUT2D eigenvalue weighted by molar-refractivity contribution is -0.116. The minimum Gasteiger partial charge on any atom is -0.497 e. The third-order valence-electron chi connectivity index (χ3n) is 4.30. The average Bonchev–Trinajstić information content (AvgIpc) is 3.21. The summed E-state index contributed by atoms with van der Waals surface area (Å²) in [5.41, 5.74) is 0.504. The zero-order valence-corrected chi connectivity index (χ0v) is 18.4. The summed E-state index contributed by atoms with van der Waals surface area (Å²) in [6.07, 6.45) is 0.0918. The first-order valence-electron chi connectivity index (χ1n) is 9.16. The smallest absolute Gasteiger partial charge is 0.322 e. The number of sulfone groups is 1. The van der Waals surface area contributed by atoms with Crippen LogP contribution >= 0.6 is 11.6 Å². The first-order chi connectivity index (χ1) is 14.8. The highest BCUT2D eigenvalue weighted by Crippen LogP contribution is 2.33. The number of nitrogens with zero attached hydrogens (tertiary/aromatic N) is 2. The summed E-state index contributed by atoms with van der Waals surface area (Å²) >= 11 is 5.78. The lowest BCUT2D eigenvalue weighted by atomic mass is 10.2. The molecular weight excluding hydrogens is 446 g/mol. The first-order valence-corrected chi connectivity index (χ1v) is 11.2. The van der Waals surface area contributed by atoms with Crippen LogP contribution in [0.25, 0.3) is 11.5 Å². The van der Waals surface area contributed by atoms with Crippen molar-refractivity contribution in [3.05, 3.63) is 47.5 Å². The maximum Gasteiger partial charge on any atom is 0.322 e. The van der Waals surface area contributed by atoms with E-state index in [0.717, 1.165) is 0 Å². The van der Waals surface area contributed by atoms with Gasteiger partial charge in [0, 0.05) is 11.4 Å². The van der Waals surface area contributed by atoms with Crippen molar-refractivity contribution in [2.45, 2.75) is 17.7 Å². The normalized spacial score (nSPS) is 11.2. The molecule has 9 nitrogen and oxygen atoms in total. The van der Waals surface area contributed by atoms with Crippen LogP contribution in [0.2, 0.25) is 5.02 Å². The van der Waals surface area contributed by atoms with E-state index in [2.05, 4.69) is 15.5 Å². The highest BCUT2D eigenvalue weighted by Gasteiger charge is 2.18. The monoisotopic (exact) mass is 465 g/mol. The number of nitrogens with one attached hydrogen (secondary N) is 1. The van der Waals surface area contributed by atoms with E-state index < -0.39 is 15.7 Å². The maximum absolute atomic E-state index is 12.3. The topological polar surface area (TPSA) is 121 Å². The van der Waals surface area contributed by atoms with Crippen LogP contribution in [0.1, 0.15) is 12.8 Å². The Hall–Kier alpha value is -3.11. The molecule has 31 heavy (non-hydrogen) atoms. The van der Waals surface area contributed by atoms with Gasteiger partial charge < -0.3 is 13.9 Å². The molecule has 0 fully saturated rings. The van der Waals surface area contributed by atoms with Crippen molar-refractivity contribution >= 4 is 33.4 Å². The predicted octanol–water partition coefficient (Wildman–Crippen LogP) is 3.60. The fraction of sp³-hybridized carbons (Fsp3) is 0.250. The Labute approximate surface area is 184 Å². The van der Waals surface area contributed by atoms with Crippen molar-refractivity contribution in [3.8, 4) is 23.0 Å². The van der Waals surface area contributed by atoms with Gasteiger partial charge >= 0.3 is 6.01 Å². The number of hydrogen-bond donors (Lipinski definition) is 1. The van der Waals surface area contributed by atoms with E-state index in [1.807, 2.05) is 0 Å². The number of carbonyl (C=O) groups is 1. The van der Waals surface area contributed by atoms with Gasteiger partial charge in [-0.3, -0.25) is 10.1 Å². The molecule has 0 aliphatic carbocycles. The summed E-state index contributed by atoms with van der Waals surface area (Å²) in [6.45, 7) is 0. The van der Waals surface area contributed by atoms with Gasteiger partial charge in [0.05, 0.1) is 30.4 Å². The number of amides is 1. The summed E-state index contributed by atoms with van der Waals surface area (Å²) in [7, 11) is -0.479. The number of methoxy groups -OCH3 is 2. The second-order valence-electron chi connectivity index (χ2n) is 6.40. The molecule has 0 bridgehead atoms. The number of anilines is 1. The Balaban J connectivity index is 1.59. The van der Waals surface area contributed by atoms with Crippen LogP contribution in [0.15, 0.2) is 51.8 Å². The van der Waals surface area contributed by atoms with Crippen molar-refractivity contribution in [2.24, 2.45) is 0 Å². The molecule has 0 saturated carbocycles. The number of rotatable bonds is 9. The molecule has 0 unspecified atom stereocenters. The standard InChI is InChI=1S/C20H20ClN3O6S/c1-28-14-7-10-17(29-2)16(12-14)19-23-24-20(30-19)22-18(25)4-3-11-31(26,27)15-8-5-13(21)6-9-15/h5-10,12H,3-4,11H2,1-2H3,(H,22,24,25). The van der Waals surface area contributed by atoms with Crippen LogP contribution in [0.4, 0.5) is 6.01 Å². The molecule has 164 valence electrons. The van der Waals surface area contributed by atoms with Crippen LogP contribution in [0.5, 0.6) is 11.5 Å². The van der Waals surface area contributed by atoms with E-state index in [0.29, 0.717) is 22.1 Å². The van der Waals surface area contributed by atoms with Gasteiger partial charge in [0.25, 0.3) is 5.89 Å². The van der Waals surface area contributed by atoms with E-state index in [-0.39, 0.29) is 35.4 Å². The molecule has 0 aliphatic rings. The van der Waals surface area contributed by atoms with Crippen LogP contribution in [0.3, 0.4) is 0 Å². The lowest BCUT2D eigenvalue weighted by Gasteiger charge is -2.07. The van der Waals surface area contributed by atoms with Crippen LogP contribution in [0, 0.1) is 0 Å². The van der Waals surface area contributed by atoms with Gasteiger partial charge in [-0.05, 0) is 48.9 Å². The molecule has 0 aliphatic heterocycles. The molecule has 1 aromatic heterocycles. The Morgan fingerprint density at radius 1 is 1.10 bits per heavy atom. The fourth-order valence-electron chi connectivity index (χ4n) is 2.73. The molecule has 1 amide bonds. The Morgan fingerprint density at radius 3 is 2.52 bits per heavy atom. The molecule has 0 saturated heterocycles. The summed E-state index contributed by atoms with van der Waals surface area (Å²) < 4.78 is 40.6. The van der Waals surface area contributed by atoms with E-state index in [4.69, 9.17) is 25.5 Å². The number of hydrogen-bond acceptors (Lipinski definition) is 8. The maximum atomic E-state index is 12.3. The van der Waals surface area contributed by atoms with Gasteiger partial charge in [-0.15, -0.1) is 5.10 Å². The van der Waals surface area contributed by atoms with Crippen molar-refractivity contribution in [1.82, 2.24) is 10.2 Å². The molecule has 3 rings (SSSR count). The van der Waals surface area contributed by atoms with Gasteiger partial charge in [0.15, 0.2) is 9.84 Å². The fourth-order valence-corrected chi connectivity index (χ4v) is 4.16. The molecule has 3 aromatic rings. The minimum atomic E-state index is -3.51. The number of ether oxygens (including phenoxy) is 2. The van der Waals surface area contributed by atoms with E-state index in [1.54, 1.807) is 18.2 Å². The number of benzene rings is 2. The van der Waals surface area contributed by atoms with Crippen LogP contribution in [-0.4, -0.2) is 44.5 Å². The summed E-state index contributed by atoms with van der Waals surface area (Å²) in [5, 5.41) is 10.6. The van der Waals surface area contributed by atoms with Gasteiger partial charge in [-0.1, -0.05) is 16.7 Å². The number of aromatic nitrogens is 2. The summed E-state index contributed by atoms with van der Waals surface area (Å²) in [5.74, 6) is 0.574. The highest BCUT2D eigenvalue weighted by molar-refractivity contribution is 7.91. The zero-order valence-electron chi connectivity index (χ0n) is 16.8. The van der Waals surface area contributed by atoms with Crippen molar-refractivity contribution in [1.29, 1.82) is 0 Å². The molecule has 1 N–H and O–H groups in total. The second-order valence-corrected chi connectivity index (χ2v) is 8.95. The third-order valence-corrected chi connectivity index (χ3v) is 6.37. The second kappa shape index (κ2) is 9.80. The molecule has 11 heteroatoms. The SMILES string of the molecule is COc1ccc(OC)c(-c2nnc(NC(=O)CCCS(=O)(=O)c3ccc(Cl)cc3)o2)c1. The molecule has 2 aromatic carbocycles. The Kier molecular flexibility index (Phi) is 7.13. The Morgan fingerprint density at radius 2 is 1.84 bits per heavy atom. The molecule has 0 radical (unpaired) electrons. The average molecular weight is 466 g/mol. The third kappa shape index (κ3) is 5.74. The lowest BCUT2D eigenvalue weighted by Crippen LogP contribution is -2.14.